The molecule has 0 saturated heterocycles. The minimum atomic E-state index is -0.486. The number of nitrogen functional groups attached to an aromatic ring is 1. The van der Waals surface area contributed by atoms with Gasteiger partial charge in [-0.3, -0.25) is 0 Å². The summed E-state index contributed by atoms with van der Waals surface area (Å²) in [7, 11) is 1.35. The number of nitrogens with one attached hydrogen (secondary N) is 1. The van der Waals surface area contributed by atoms with Crippen LogP contribution in [0, 0.1) is 5.92 Å². The molecule has 7 heteroatoms. The lowest BCUT2D eigenvalue weighted by Crippen LogP contribution is -2.32. The molecule has 1 aromatic rings. The number of carbonyl (C=O) groups excluding carboxylic acids is 1. The summed E-state index contributed by atoms with van der Waals surface area (Å²) in [6, 6.07) is 1.02. The van der Waals surface area contributed by atoms with Gasteiger partial charge in [0.25, 0.3) is 0 Å². The highest BCUT2D eigenvalue weighted by Crippen LogP contribution is 2.16. The number of rotatable bonds is 5. The summed E-state index contributed by atoms with van der Waals surface area (Å²) in [6.07, 6.45) is 0.619. The van der Waals surface area contributed by atoms with Crippen LogP contribution in [0.1, 0.15) is 20.3 Å². The number of nitrogens with zero attached hydrogens (tertiary/aromatic N) is 2. The molecule has 3 N–H and O–H groups in total. The average molecular weight is 273 g/mol. The molecule has 1 atom stereocenters. The zero-order chi connectivity index (χ0) is 13.7. The summed E-state index contributed by atoms with van der Waals surface area (Å²) in [6.45, 7) is 4.03. The van der Waals surface area contributed by atoms with Crippen LogP contribution in [0.5, 0.6) is 0 Å². The summed E-state index contributed by atoms with van der Waals surface area (Å²) in [5.41, 5.74) is 5.48. The van der Waals surface area contributed by atoms with Crippen LogP contribution in [0.2, 0.25) is 5.15 Å². The van der Waals surface area contributed by atoms with E-state index >= 15 is 0 Å². The summed E-state index contributed by atoms with van der Waals surface area (Å²) < 4.78 is 4.74. The number of anilines is 2. The Balaban J connectivity index is 2.84. The van der Waals surface area contributed by atoms with Crippen molar-refractivity contribution >= 4 is 29.3 Å². The normalized spacial score (nSPS) is 12.3. The lowest BCUT2D eigenvalue weighted by molar-refractivity contribution is -0.141. The van der Waals surface area contributed by atoms with Gasteiger partial charge in [-0.25, -0.2) is 9.78 Å². The number of halogens is 1. The zero-order valence-corrected chi connectivity index (χ0v) is 11.4. The molecule has 1 rings (SSSR count). The van der Waals surface area contributed by atoms with E-state index in [1.165, 1.54) is 13.2 Å². The molecule has 1 unspecified atom stereocenters. The largest absolute Gasteiger partial charge is 0.467 e. The van der Waals surface area contributed by atoms with Crippen LogP contribution in [-0.4, -0.2) is 29.1 Å². The van der Waals surface area contributed by atoms with Crippen molar-refractivity contribution in [1.82, 2.24) is 9.97 Å². The second-order valence-electron chi connectivity index (χ2n) is 4.28. The van der Waals surface area contributed by atoms with Crippen LogP contribution in [0.25, 0.3) is 0 Å². The van der Waals surface area contributed by atoms with Gasteiger partial charge in [-0.2, -0.15) is 4.98 Å². The van der Waals surface area contributed by atoms with Gasteiger partial charge in [-0.1, -0.05) is 25.4 Å². The Labute approximate surface area is 111 Å². The van der Waals surface area contributed by atoms with Crippen molar-refractivity contribution in [3.05, 3.63) is 11.2 Å². The fourth-order valence-electron chi connectivity index (χ4n) is 1.52. The topological polar surface area (TPSA) is 90.1 Å². The number of ether oxygens (including phenoxy) is 1. The van der Waals surface area contributed by atoms with Crippen LogP contribution in [0.4, 0.5) is 11.8 Å². The van der Waals surface area contributed by atoms with E-state index in [4.69, 9.17) is 22.1 Å². The zero-order valence-electron chi connectivity index (χ0n) is 10.6. The predicted octanol–water partition coefficient (Wildman–Crippen LogP) is 1.71. The van der Waals surface area contributed by atoms with E-state index in [9.17, 15) is 4.79 Å². The fraction of sp³-hybridized carbons (Fsp3) is 0.545. The Morgan fingerprint density at radius 3 is 2.72 bits per heavy atom. The van der Waals surface area contributed by atoms with Gasteiger partial charge in [-0.05, 0) is 12.3 Å². The maximum Gasteiger partial charge on any atom is 0.328 e. The summed E-state index contributed by atoms with van der Waals surface area (Å²) in [5.74, 6) is 0.440. The Hall–Kier alpha value is -1.56. The minimum Gasteiger partial charge on any atom is -0.467 e. The SMILES string of the molecule is COC(=O)C(CC(C)C)Nc1cc(Cl)nc(N)n1. The van der Waals surface area contributed by atoms with E-state index in [0.29, 0.717) is 18.2 Å². The van der Waals surface area contributed by atoms with Crippen molar-refractivity contribution in [2.24, 2.45) is 5.92 Å². The van der Waals surface area contributed by atoms with Crippen LogP contribution < -0.4 is 11.1 Å². The Bertz CT molecular complexity index is 405. The number of hydrogen-bond acceptors (Lipinski definition) is 6. The monoisotopic (exact) mass is 272 g/mol. The molecule has 6 nitrogen and oxygen atoms in total. The third kappa shape index (κ3) is 4.37. The van der Waals surface area contributed by atoms with E-state index in [1.807, 2.05) is 13.8 Å². The standard InChI is InChI=1S/C11H17ClN4O2/c1-6(2)4-7(10(17)18-3)14-9-5-8(12)15-11(13)16-9/h5-7H,4H2,1-3H3,(H3,13,14,15,16). The van der Waals surface area contributed by atoms with Gasteiger partial charge in [0.05, 0.1) is 7.11 Å². The van der Waals surface area contributed by atoms with Gasteiger partial charge in [0.15, 0.2) is 0 Å². The molecule has 0 fully saturated rings. The molecular formula is C11H17ClN4O2. The molecule has 0 aliphatic carbocycles. The first-order chi connectivity index (χ1) is 8.42. The molecule has 18 heavy (non-hydrogen) atoms. The highest BCUT2D eigenvalue weighted by Gasteiger charge is 2.21. The van der Waals surface area contributed by atoms with E-state index in [2.05, 4.69) is 15.3 Å². The van der Waals surface area contributed by atoms with Crippen LogP contribution >= 0.6 is 11.6 Å². The Morgan fingerprint density at radius 1 is 1.56 bits per heavy atom. The van der Waals surface area contributed by atoms with E-state index in [1.54, 1.807) is 0 Å². The first kappa shape index (κ1) is 14.5. The van der Waals surface area contributed by atoms with Crippen molar-refractivity contribution in [2.75, 3.05) is 18.2 Å². The number of carbonyl (C=O) groups is 1. The second-order valence-corrected chi connectivity index (χ2v) is 4.67. The minimum absolute atomic E-state index is 0.0539. The lowest BCUT2D eigenvalue weighted by atomic mass is 10.0. The maximum absolute atomic E-state index is 11.6. The number of nitrogens with two attached hydrogens (primary N) is 1. The van der Waals surface area contributed by atoms with Crippen molar-refractivity contribution < 1.29 is 9.53 Å². The number of methoxy groups -OCH3 is 1. The molecule has 0 bridgehead atoms. The third-order valence-electron chi connectivity index (χ3n) is 2.23. The van der Waals surface area contributed by atoms with Gasteiger partial charge in [-0.15, -0.1) is 0 Å². The van der Waals surface area contributed by atoms with Gasteiger partial charge in [0.1, 0.15) is 17.0 Å². The molecule has 0 aliphatic rings. The quantitative estimate of drug-likeness (QED) is 0.626. The van der Waals surface area contributed by atoms with Crippen molar-refractivity contribution in [3.63, 3.8) is 0 Å². The van der Waals surface area contributed by atoms with Crippen LogP contribution in [-0.2, 0) is 9.53 Å². The maximum atomic E-state index is 11.6. The molecule has 1 heterocycles. The fourth-order valence-corrected chi connectivity index (χ4v) is 1.71. The van der Waals surface area contributed by atoms with Crippen molar-refractivity contribution in [3.8, 4) is 0 Å². The Morgan fingerprint density at radius 2 is 2.22 bits per heavy atom. The van der Waals surface area contributed by atoms with Gasteiger partial charge >= 0.3 is 5.97 Å². The highest BCUT2D eigenvalue weighted by molar-refractivity contribution is 6.29. The van der Waals surface area contributed by atoms with Gasteiger partial charge in [0.2, 0.25) is 5.95 Å². The Kier molecular flexibility index (Phi) is 5.15. The van der Waals surface area contributed by atoms with E-state index in [0.717, 1.165) is 0 Å². The van der Waals surface area contributed by atoms with Gasteiger partial charge in [0, 0.05) is 6.07 Å². The molecule has 0 saturated carbocycles. The summed E-state index contributed by atoms with van der Waals surface area (Å²) in [5, 5.41) is 3.17. The van der Waals surface area contributed by atoms with Gasteiger partial charge < -0.3 is 15.8 Å². The summed E-state index contributed by atoms with van der Waals surface area (Å²) >= 11 is 5.77. The molecule has 0 aromatic carbocycles. The number of aromatic nitrogens is 2. The van der Waals surface area contributed by atoms with Crippen LogP contribution in [0.15, 0.2) is 6.07 Å². The van der Waals surface area contributed by atoms with E-state index in [-0.39, 0.29) is 17.1 Å². The van der Waals surface area contributed by atoms with Crippen LogP contribution in [0.3, 0.4) is 0 Å². The molecule has 0 radical (unpaired) electrons. The molecule has 1 aromatic heterocycles. The first-order valence-electron chi connectivity index (χ1n) is 5.56. The highest BCUT2D eigenvalue weighted by atomic mass is 35.5. The number of hydrogen-bond donors (Lipinski definition) is 2. The average Bonchev–Trinajstić information content (AvgIpc) is 2.25. The summed E-state index contributed by atoms with van der Waals surface area (Å²) in [4.78, 5) is 19.3. The molecular weight excluding hydrogens is 256 g/mol. The molecule has 0 aliphatic heterocycles. The van der Waals surface area contributed by atoms with Crippen molar-refractivity contribution in [1.29, 1.82) is 0 Å². The smallest absolute Gasteiger partial charge is 0.328 e. The first-order valence-corrected chi connectivity index (χ1v) is 5.94. The predicted molar refractivity (Wildman–Crippen MR) is 70.3 cm³/mol. The molecule has 0 spiro atoms. The third-order valence-corrected chi connectivity index (χ3v) is 2.42. The molecule has 0 amide bonds. The van der Waals surface area contributed by atoms with Crippen molar-refractivity contribution in [2.45, 2.75) is 26.3 Å². The number of esters is 1. The molecule has 100 valence electrons. The second kappa shape index (κ2) is 6.39. The van der Waals surface area contributed by atoms with E-state index < -0.39 is 6.04 Å². The lowest BCUT2D eigenvalue weighted by Gasteiger charge is -2.18.